The molecule has 3 heterocycles. The third-order valence-electron chi connectivity index (χ3n) is 5.16. The Hall–Kier alpha value is -3.93. The molecule has 0 saturated carbocycles. The number of hydrogen-bond donors (Lipinski definition) is 1. The SMILES string of the molecule is COc1ccc(C#N)c(-c2cc3[nH]c(=O)n(-c4cncc5c(Cl)cccc45)c(=O)c3s2)c1. The largest absolute Gasteiger partial charge is 0.497 e. The maximum atomic E-state index is 13.4. The molecule has 1 N–H and O–H groups in total. The number of benzene rings is 2. The average Bonchev–Trinajstić information content (AvgIpc) is 3.23. The van der Waals surface area contributed by atoms with E-state index in [1.807, 2.05) is 0 Å². The van der Waals surface area contributed by atoms with Gasteiger partial charge in [-0.05, 0) is 30.3 Å². The molecule has 0 bridgehead atoms. The monoisotopic (exact) mass is 460 g/mol. The van der Waals surface area contributed by atoms with Gasteiger partial charge >= 0.3 is 5.69 Å². The normalized spacial score (nSPS) is 11.0. The van der Waals surface area contributed by atoms with E-state index in [9.17, 15) is 14.9 Å². The van der Waals surface area contributed by atoms with Gasteiger partial charge in [-0.15, -0.1) is 11.3 Å². The number of nitrogens with one attached hydrogen (secondary N) is 1. The van der Waals surface area contributed by atoms with E-state index in [0.717, 1.165) is 4.57 Å². The molecule has 3 aromatic heterocycles. The second kappa shape index (κ2) is 7.64. The molecule has 0 unspecified atom stereocenters. The van der Waals surface area contributed by atoms with Crippen LogP contribution in [0.3, 0.4) is 0 Å². The van der Waals surface area contributed by atoms with Crippen LogP contribution in [0.4, 0.5) is 0 Å². The Balaban J connectivity index is 1.79. The van der Waals surface area contributed by atoms with Gasteiger partial charge in [0, 0.05) is 27.4 Å². The van der Waals surface area contributed by atoms with Crippen molar-refractivity contribution in [2.75, 3.05) is 7.11 Å². The zero-order chi connectivity index (χ0) is 22.4. The lowest BCUT2D eigenvalue weighted by molar-refractivity contribution is 0.415. The number of H-pyrrole nitrogens is 1. The molecular weight excluding hydrogens is 448 g/mol. The van der Waals surface area contributed by atoms with E-state index in [-0.39, 0.29) is 0 Å². The van der Waals surface area contributed by atoms with Gasteiger partial charge in [-0.1, -0.05) is 23.7 Å². The van der Waals surface area contributed by atoms with Crippen molar-refractivity contribution in [1.82, 2.24) is 14.5 Å². The molecule has 156 valence electrons. The number of thiophene rings is 1. The number of aromatic nitrogens is 3. The number of hydrogen-bond acceptors (Lipinski definition) is 6. The van der Waals surface area contributed by atoms with Crippen molar-refractivity contribution in [2.24, 2.45) is 0 Å². The third kappa shape index (κ3) is 3.07. The lowest BCUT2D eigenvalue weighted by Gasteiger charge is -2.08. The Bertz CT molecular complexity index is 1690. The first-order valence-electron chi connectivity index (χ1n) is 9.42. The number of ether oxygens (including phenoxy) is 1. The van der Waals surface area contributed by atoms with E-state index in [4.69, 9.17) is 16.3 Å². The van der Waals surface area contributed by atoms with Crippen molar-refractivity contribution in [2.45, 2.75) is 0 Å². The standard InChI is InChI=1S/C23H13ClN4O3S/c1-31-13-6-5-12(9-25)15(7-13)20-8-18-21(32-20)22(29)28(23(30)27-18)19-11-26-10-16-14(19)3-2-4-17(16)24/h2-8,10-11H,1H3,(H,27,30). The lowest BCUT2D eigenvalue weighted by atomic mass is 10.1. The highest BCUT2D eigenvalue weighted by Crippen LogP contribution is 2.35. The predicted molar refractivity (Wildman–Crippen MR) is 125 cm³/mol. The molecule has 5 rings (SSSR count). The highest BCUT2D eigenvalue weighted by molar-refractivity contribution is 7.22. The average molecular weight is 461 g/mol. The number of pyridine rings is 1. The summed E-state index contributed by atoms with van der Waals surface area (Å²) in [4.78, 5) is 33.9. The second-order valence-electron chi connectivity index (χ2n) is 6.94. The molecule has 0 radical (unpaired) electrons. The van der Waals surface area contributed by atoms with Gasteiger partial charge in [0.1, 0.15) is 10.4 Å². The van der Waals surface area contributed by atoms with Gasteiger partial charge in [0.2, 0.25) is 0 Å². The Morgan fingerprint density at radius 3 is 2.78 bits per heavy atom. The van der Waals surface area contributed by atoms with Crippen LogP contribution in [0.5, 0.6) is 5.75 Å². The van der Waals surface area contributed by atoms with E-state index < -0.39 is 11.2 Å². The summed E-state index contributed by atoms with van der Waals surface area (Å²) in [6, 6.07) is 14.2. The van der Waals surface area contributed by atoms with Crippen LogP contribution in [0.1, 0.15) is 5.56 Å². The number of rotatable bonds is 3. The third-order valence-corrected chi connectivity index (χ3v) is 6.64. The van der Waals surface area contributed by atoms with Gasteiger partial charge < -0.3 is 9.72 Å². The first-order chi connectivity index (χ1) is 15.5. The summed E-state index contributed by atoms with van der Waals surface area (Å²) in [6.45, 7) is 0. The van der Waals surface area contributed by atoms with Gasteiger partial charge in [0.05, 0.1) is 41.2 Å². The number of fused-ring (bicyclic) bond motifs is 2. The molecule has 2 aromatic carbocycles. The molecule has 0 aliphatic carbocycles. The zero-order valence-corrected chi connectivity index (χ0v) is 18.1. The predicted octanol–water partition coefficient (Wildman–Crippen LogP) is 4.49. The van der Waals surface area contributed by atoms with Crippen LogP contribution in [-0.4, -0.2) is 21.6 Å². The van der Waals surface area contributed by atoms with Gasteiger partial charge in [0.25, 0.3) is 5.56 Å². The molecule has 0 saturated heterocycles. The summed E-state index contributed by atoms with van der Waals surface area (Å²) in [5.74, 6) is 0.584. The van der Waals surface area contributed by atoms with Crippen molar-refractivity contribution >= 4 is 43.9 Å². The van der Waals surface area contributed by atoms with Gasteiger partial charge in [-0.2, -0.15) is 5.26 Å². The Morgan fingerprint density at radius 1 is 1.16 bits per heavy atom. The molecule has 5 aromatic rings. The van der Waals surface area contributed by atoms with Crippen LogP contribution in [0.15, 0.2) is 64.4 Å². The van der Waals surface area contributed by atoms with E-state index in [1.54, 1.807) is 48.7 Å². The summed E-state index contributed by atoms with van der Waals surface area (Å²) in [7, 11) is 1.54. The van der Waals surface area contributed by atoms with Crippen LogP contribution in [0, 0.1) is 11.3 Å². The van der Waals surface area contributed by atoms with Crippen molar-refractivity contribution in [1.29, 1.82) is 5.26 Å². The molecule has 0 aliphatic heterocycles. The van der Waals surface area contributed by atoms with Crippen LogP contribution in [-0.2, 0) is 0 Å². The molecular formula is C23H13ClN4O3S. The van der Waals surface area contributed by atoms with E-state index >= 15 is 0 Å². The maximum absolute atomic E-state index is 13.4. The van der Waals surface area contributed by atoms with Crippen LogP contribution >= 0.6 is 22.9 Å². The quantitative estimate of drug-likeness (QED) is 0.427. The van der Waals surface area contributed by atoms with Crippen molar-refractivity contribution in [3.8, 4) is 27.9 Å². The van der Waals surface area contributed by atoms with Crippen molar-refractivity contribution in [3.05, 3.63) is 86.3 Å². The van der Waals surface area contributed by atoms with E-state index in [2.05, 4.69) is 16.0 Å². The lowest BCUT2D eigenvalue weighted by Crippen LogP contribution is -2.33. The fourth-order valence-corrected chi connectivity index (χ4v) is 4.93. The molecule has 0 amide bonds. The maximum Gasteiger partial charge on any atom is 0.333 e. The number of methoxy groups -OCH3 is 1. The van der Waals surface area contributed by atoms with E-state index in [0.29, 0.717) is 53.5 Å². The van der Waals surface area contributed by atoms with Gasteiger partial charge in [0.15, 0.2) is 0 Å². The van der Waals surface area contributed by atoms with E-state index in [1.165, 1.54) is 24.6 Å². The number of nitrogens with zero attached hydrogens (tertiary/aromatic N) is 3. The van der Waals surface area contributed by atoms with Gasteiger partial charge in [-0.25, -0.2) is 9.36 Å². The topological polar surface area (TPSA) is 101 Å². The first-order valence-corrected chi connectivity index (χ1v) is 10.6. The Kier molecular flexibility index (Phi) is 4.78. The minimum Gasteiger partial charge on any atom is -0.497 e. The zero-order valence-electron chi connectivity index (χ0n) is 16.5. The summed E-state index contributed by atoms with van der Waals surface area (Å²) in [6.07, 6.45) is 3.06. The molecule has 32 heavy (non-hydrogen) atoms. The minimum absolute atomic E-state index is 0.340. The molecule has 0 spiro atoms. The number of nitriles is 1. The van der Waals surface area contributed by atoms with Crippen molar-refractivity contribution < 1.29 is 4.74 Å². The first kappa shape index (κ1) is 20.0. The smallest absolute Gasteiger partial charge is 0.333 e. The molecule has 0 atom stereocenters. The Labute approximate surface area is 189 Å². The highest BCUT2D eigenvalue weighted by atomic mass is 35.5. The van der Waals surface area contributed by atoms with Crippen LogP contribution < -0.4 is 16.0 Å². The molecule has 9 heteroatoms. The summed E-state index contributed by atoms with van der Waals surface area (Å²) >= 11 is 7.46. The number of aromatic amines is 1. The summed E-state index contributed by atoms with van der Waals surface area (Å²) < 4.78 is 6.69. The fourth-order valence-electron chi connectivity index (χ4n) is 3.63. The number of halogens is 1. The minimum atomic E-state index is -0.590. The summed E-state index contributed by atoms with van der Waals surface area (Å²) in [5.41, 5.74) is 0.732. The molecule has 0 fully saturated rings. The van der Waals surface area contributed by atoms with Gasteiger partial charge in [-0.3, -0.25) is 9.78 Å². The van der Waals surface area contributed by atoms with Crippen molar-refractivity contribution in [3.63, 3.8) is 0 Å². The van der Waals surface area contributed by atoms with Crippen LogP contribution in [0.2, 0.25) is 5.02 Å². The molecule has 7 nitrogen and oxygen atoms in total. The highest BCUT2D eigenvalue weighted by Gasteiger charge is 2.17. The molecule has 0 aliphatic rings. The fraction of sp³-hybridized carbons (Fsp3) is 0.0435. The summed E-state index contributed by atoms with van der Waals surface area (Å²) in [5, 5.41) is 11.3. The Morgan fingerprint density at radius 2 is 2.00 bits per heavy atom. The van der Waals surface area contributed by atoms with Crippen LogP contribution in [0.25, 0.3) is 37.1 Å². The second-order valence-corrected chi connectivity index (χ2v) is 8.40.